The Morgan fingerprint density at radius 3 is 1.96 bits per heavy atom. The van der Waals surface area contributed by atoms with Crippen LogP contribution < -0.4 is 21.9 Å². The average molecular weight is 396 g/mol. The van der Waals surface area contributed by atoms with Crippen molar-refractivity contribution in [2.75, 3.05) is 0 Å². The van der Waals surface area contributed by atoms with Gasteiger partial charge in [-0.2, -0.15) is 4.99 Å². The average Bonchev–Trinajstić information content (AvgIpc) is 2.68. The standard InChI is InChI=1S/C21H21N5O.ClH/c22-20(23)26-21(24)25-18-10-12-19(13-11-18)27-14-15-6-8-17(9-7-15)16-4-2-1-3-5-16;/h1-13H,14H2,(H6,22,23,24,25,26);1H. The summed E-state index contributed by atoms with van der Waals surface area (Å²) in [6, 6.07) is 25.8. The number of guanidine groups is 2. The van der Waals surface area contributed by atoms with Crippen LogP contribution in [0, 0.1) is 0 Å². The Morgan fingerprint density at radius 1 is 0.750 bits per heavy atom. The highest BCUT2D eigenvalue weighted by Gasteiger charge is 2.00. The number of ether oxygens (including phenoxy) is 1. The lowest BCUT2D eigenvalue weighted by Gasteiger charge is -2.08. The van der Waals surface area contributed by atoms with Crippen LogP contribution in [0.2, 0.25) is 0 Å². The fraction of sp³-hybridized carbons (Fsp3) is 0.0476. The second-order valence-electron chi connectivity index (χ2n) is 5.85. The minimum atomic E-state index is -0.130. The summed E-state index contributed by atoms with van der Waals surface area (Å²) in [5.74, 6) is 0.609. The first-order valence-electron chi connectivity index (χ1n) is 8.41. The molecule has 0 spiro atoms. The number of rotatable bonds is 5. The van der Waals surface area contributed by atoms with E-state index in [1.165, 1.54) is 11.1 Å². The zero-order valence-electron chi connectivity index (χ0n) is 15.2. The fourth-order valence-electron chi connectivity index (χ4n) is 2.50. The Balaban J connectivity index is 0.00000280. The SMILES string of the molecule is Cl.NC(N)=NC(N)=Nc1ccc(OCc2ccc(-c3ccccc3)cc2)cc1. The second kappa shape index (κ2) is 9.99. The van der Waals surface area contributed by atoms with Gasteiger partial charge in [0.15, 0.2) is 5.96 Å². The minimum Gasteiger partial charge on any atom is -0.489 e. The van der Waals surface area contributed by atoms with Crippen LogP contribution in [0.4, 0.5) is 5.69 Å². The first kappa shape index (κ1) is 20.8. The van der Waals surface area contributed by atoms with Crippen molar-refractivity contribution in [2.45, 2.75) is 6.61 Å². The van der Waals surface area contributed by atoms with Gasteiger partial charge in [0.05, 0.1) is 5.69 Å². The molecule has 0 aliphatic heterocycles. The van der Waals surface area contributed by atoms with E-state index >= 15 is 0 Å². The van der Waals surface area contributed by atoms with Crippen molar-refractivity contribution in [3.63, 3.8) is 0 Å². The molecule has 0 saturated heterocycles. The Morgan fingerprint density at radius 2 is 1.36 bits per heavy atom. The number of halogens is 1. The summed E-state index contributed by atoms with van der Waals surface area (Å²) in [5, 5.41) is 0. The van der Waals surface area contributed by atoms with Crippen molar-refractivity contribution in [1.82, 2.24) is 0 Å². The van der Waals surface area contributed by atoms with Crippen molar-refractivity contribution in [3.8, 4) is 16.9 Å². The number of nitrogens with zero attached hydrogens (tertiary/aromatic N) is 2. The molecule has 0 radical (unpaired) electrons. The van der Waals surface area contributed by atoms with Gasteiger partial charge in [-0.05, 0) is 41.0 Å². The molecule has 0 unspecified atom stereocenters. The van der Waals surface area contributed by atoms with Gasteiger partial charge >= 0.3 is 0 Å². The predicted molar refractivity (Wildman–Crippen MR) is 117 cm³/mol. The molecule has 0 bridgehead atoms. The van der Waals surface area contributed by atoms with E-state index in [2.05, 4.69) is 46.4 Å². The first-order valence-corrected chi connectivity index (χ1v) is 8.41. The molecule has 3 aromatic rings. The van der Waals surface area contributed by atoms with Gasteiger partial charge in [0.2, 0.25) is 5.96 Å². The van der Waals surface area contributed by atoms with Gasteiger partial charge in [0.25, 0.3) is 0 Å². The quantitative estimate of drug-likeness (QED) is 0.452. The van der Waals surface area contributed by atoms with Crippen molar-refractivity contribution < 1.29 is 4.74 Å². The zero-order valence-corrected chi connectivity index (χ0v) is 16.0. The topological polar surface area (TPSA) is 112 Å². The molecule has 6 nitrogen and oxygen atoms in total. The molecule has 3 aromatic carbocycles. The summed E-state index contributed by atoms with van der Waals surface area (Å²) < 4.78 is 5.81. The fourth-order valence-corrected chi connectivity index (χ4v) is 2.50. The Kier molecular flexibility index (Phi) is 7.42. The molecule has 0 aromatic heterocycles. The molecule has 0 amide bonds. The molecule has 0 saturated carbocycles. The molecule has 0 heterocycles. The number of aliphatic imine (C=N–C) groups is 2. The number of nitrogens with two attached hydrogens (primary N) is 3. The lowest BCUT2D eigenvalue weighted by Crippen LogP contribution is -2.26. The van der Waals surface area contributed by atoms with Crippen molar-refractivity contribution in [1.29, 1.82) is 0 Å². The maximum Gasteiger partial charge on any atom is 0.223 e. The number of hydrogen-bond donors (Lipinski definition) is 3. The van der Waals surface area contributed by atoms with E-state index in [-0.39, 0.29) is 24.3 Å². The van der Waals surface area contributed by atoms with E-state index in [9.17, 15) is 0 Å². The maximum atomic E-state index is 5.81. The molecule has 7 heteroatoms. The normalized spacial score (nSPS) is 10.6. The second-order valence-corrected chi connectivity index (χ2v) is 5.85. The lowest BCUT2D eigenvalue weighted by atomic mass is 10.0. The van der Waals surface area contributed by atoms with E-state index in [1.54, 1.807) is 12.1 Å². The number of benzene rings is 3. The summed E-state index contributed by atoms with van der Waals surface area (Å²) in [7, 11) is 0. The summed E-state index contributed by atoms with van der Waals surface area (Å²) in [5.41, 5.74) is 20.2. The van der Waals surface area contributed by atoms with E-state index in [1.807, 2.05) is 30.3 Å². The van der Waals surface area contributed by atoms with Crippen molar-refractivity contribution in [2.24, 2.45) is 27.2 Å². The highest BCUT2D eigenvalue weighted by Crippen LogP contribution is 2.21. The van der Waals surface area contributed by atoms with Crippen LogP contribution in [-0.4, -0.2) is 11.9 Å². The highest BCUT2D eigenvalue weighted by atomic mass is 35.5. The Hall–Kier alpha value is -3.51. The van der Waals surface area contributed by atoms with E-state index in [0.717, 1.165) is 11.3 Å². The van der Waals surface area contributed by atoms with Crippen LogP contribution in [0.5, 0.6) is 5.75 Å². The summed E-state index contributed by atoms with van der Waals surface area (Å²) in [6.07, 6.45) is 0. The van der Waals surface area contributed by atoms with Gasteiger partial charge in [-0.3, -0.25) is 0 Å². The smallest absolute Gasteiger partial charge is 0.223 e. The Labute approximate surface area is 170 Å². The van der Waals surface area contributed by atoms with Crippen LogP contribution in [-0.2, 0) is 6.61 Å². The van der Waals surface area contributed by atoms with Gasteiger partial charge in [0.1, 0.15) is 12.4 Å². The number of hydrogen-bond acceptors (Lipinski definition) is 2. The van der Waals surface area contributed by atoms with E-state index in [0.29, 0.717) is 12.3 Å². The summed E-state index contributed by atoms with van der Waals surface area (Å²) in [6.45, 7) is 0.480. The third-order valence-electron chi connectivity index (χ3n) is 3.79. The van der Waals surface area contributed by atoms with Gasteiger partial charge in [-0.25, -0.2) is 4.99 Å². The zero-order chi connectivity index (χ0) is 19.1. The molecular weight excluding hydrogens is 374 g/mol. The van der Waals surface area contributed by atoms with Crippen LogP contribution in [0.1, 0.15) is 5.56 Å². The summed E-state index contributed by atoms with van der Waals surface area (Å²) >= 11 is 0. The van der Waals surface area contributed by atoms with Gasteiger partial charge in [-0.15, -0.1) is 12.4 Å². The molecule has 6 N–H and O–H groups in total. The molecule has 0 atom stereocenters. The lowest BCUT2D eigenvalue weighted by molar-refractivity contribution is 0.306. The predicted octanol–water partition coefficient (Wildman–Crippen LogP) is 3.57. The highest BCUT2D eigenvalue weighted by molar-refractivity contribution is 5.93. The van der Waals surface area contributed by atoms with E-state index < -0.39 is 0 Å². The molecule has 0 aliphatic rings. The largest absolute Gasteiger partial charge is 0.489 e. The molecule has 28 heavy (non-hydrogen) atoms. The molecule has 3 rings (SSSR count). The minimum absolute atomic E-state index is 0. The maximum absolute atomic E-state index is 5.81. The third kappa shape index (κ3) is 6.03. The molecule has 0 aliphatic carbocycles. The van der Waals surface area contributed by atoms with Gasteiger partial charge < -0.3 is 21.9 Å². The Bertz CT molecular complexity index is 935. The van der Waals surface area contributed by atoms with Crippen molar-refractivity contribution in [3.05, 3.63) is 84.4 Å². The molecular formula is C21H22ClN5O. The third-order valence-corrected chi connectivity index (χ3v) is 3.79. The summed E-state index contributed by atoms with van der Waals surface area (Å²) in [4.78, 5) is 7.76. The van der Waals surface area contributed by atoms with Crippen LogP contribution >= 0.6 is 12.4 Å². The molecule has 0 fully saturated rings. The monoisotopic (exact) mass is 395 g/mol. The van der Waals surface area contributed by atoms with Gasteiger partial charge in [-0.1, -0.05) is 54.6 Å². The van der Waals surface area contributed by atoms with Crippen molar-refractivity contribution >= 4 is 30.0 Å². The van der Waals surface area contributed by atoms with E-state index in [4.69, 9.17) is 21.9 Å². The van der Waals surface area contributed by atoms with Crippen LogP contribution in [0.25, 0.3) is 11.1 Å². The first-order chi connectivity index (χ1) is 13.1. The van der Waals surface area contributed by atoms with Crippen LogP contribution in [0.3, 0.4) is 0 Å². The van der Waals surface area contributed by atoms with Gasteiger partial charge in [0, 0.05) is 0 Å². The molecule has 144 valence electrons. The van der Waals surface area contributed by atoms with Crippen LogP contribution in [0.15, 0.2) is 88.8 Å².